The summed E-state index contributed by atoms with van der Waals surface area (Å²) in [4.78, 5) is 22.3. The molecule has 21 heavy (non-hydrogen) atoms. The lowest BCUT2D eigenvalue weighted by molar-refractivity contribution is -0.120. The number of carbonyl (C=O) groups is 2. The first-order valence-corrected chi connectivity index (χ1v) is 6.49. The van der Waals surface area contributed by atoms with E-state index < -0.39 is 6.03 Å². The molecule has 0 saturated heterocycles. The Morgan fingerprint density at radius 3 is 2.76 bits per heavy atom. The number of hydrogen-bond acceptors (Lipinski definition) is 3. The fraction of sp³-hybridized carbons (Fsp3) is 0.214. The third kappa shape index (κ3) is 3.82. The molecule has 1 heterocycles. The minimum Gasteiger partial charge on any atom is -0.352 e. The molecule has 110 valence electrons. The topological polar surface area (TPSA) is 102 Å². The molecule has 1 aromatic heterocycles. The molecule has 4 N–H and O–H groups in total. The van der Waals surface area contributed by atoms with Gasteiger partial charge in [0.15, 0.2) is 0 Å². The molecule has 0 radical (unpaired) electrons. The molecule has 0 spiro atoms. The van der Waals surface area contributed by atoms with Crippen molar-refractivity contribution in [2.24, 2.45) is 5.73 Å². The van der Waals surface area contributed by atoms with Gasteiger partial charge in [0.2, 0.25) is 5.91 Å². The van der Waals surface area contributed by atoms with Crippen LogP contribution in [-0.4, -0.2) is 28.3 Å². The average molecular weight is 287 g/mol. The zero-order valence-electron chi connectivity index (χ0n) is 11.6. The zero-order chi connectivity index (χ0) is 15.2. The standard InChI is InChI=1S/C14H17N5O2/c1-10(18-13(20)9-16-14(15)21)11-5-2-3-6-12(11)19-8-4-7-17-19/h2-8,10H,9H2,1H3,(H,18,20)(H3,15,16,21)/t10-/m0/s1. The van der Waals surface area contributed by atoms with Crippen molar-refractivity contribution in [3.63, 3.8) is 0 Å². The molecular formula is C14H17N5O2. The second-order valence-electron chi connectivity index (χ2n) is 4.52. The Labute approximate surface area is 122 Å². The summed E-state index contributed by atoms with van der Waals surface area (Å²) in [7, 11) is 0. The van der Waals surface area contributed by atoms with Gasteiger partial charge >= 0.3 is 6.03 Å². The smallest absolute Gasteiger partial charge is 0.312 e. The molecule has 3 amide bonds. The largest absolute Gasteiger partial charge is 0.352 e. The fourth-order valence-electron chi connectivity index (χ4n) is 2.01. The number of nitrogens with one attached hydrogen (secondary N) is 2. The second-order valence-corrected chi connectivity index (χ2v) is 4.52. The number of rotatable bonds is 5. The Morgan fingerprint density at radius 1 is 1.33 bits per heavy atom. The molecule has 0 aliphatic rings. The number of benzene rings is 1. The van der Waals surface area contributed by atoms with E-state index in [1.807, 2.05) is 43.5 Å². The van der Waals surface area contributed by atoms with Gasteiger partial charge < -0.3 is 16.4 Å². The van der Waals surface area contributed by atoms with E-state index >= 15 is 0 Å². The van der Waals surface area contributed by atoms with Crippen LogP contribution in [0.2, 0.25) is 0 Å². The van der Waals surface area contributed by atoms with Crippen LogP contribution in [0, 0.1) is 0 Å². The molecule has 7 heteroatoms. The van der Waals surface area contributed by atoms with Gasteiger partial charge in [0.05, 0.1) is 18.3 Å². The lowest BCUT2D eigenvalue weighted by Gasteiger charge is -2.18. The van der Waals surface area contributed by atoms with E-state index in [0.29, 0.717) is 0 Å². The van der Waals surface area contributed by atoms with Crippen molar-refractivity contribution in [2.75, 3.05) is 6.54 Å². The summed E-state index contributed by atoms with van der Waals surface area (Å²) in [6.07, 6.45) is 3.53. The highest BCUT2D eigenvalue weighted by Crippen LogP contribution is 2.20. The highest BCUT2D eigenvalue weighted by Gasteiger charge is 2.14. The number of primary amides is 1. The van der Waals surface area contributed by atoms with Crippen molar-refractivity contribution >= 4 is 11.9 Å². The lowest BCUT2D eigenvalue weighted by atomic mass is 10.1. The summed E-state index contributed by atoms with van der Waals surface area (Å²) >= 11 is 0. The molecule has 0 fully saturated rings. The summed E-state index contributed by atoms with van der Waals surface area (Å²) in [6.45, 7) is 1.72. The van der Waals surface area contributed by atoms with Crippen LogP contribution in [0.5, 0.6) is 0 Å². The molecule has 7 nitrogen and oxygen atoms in total. The van der Waals surface area contributed by atoms with Gasteiger partial charge in [0, 0.05) is 12.4 Å². The summed E-state index contributed by atoms with van der Waals surface area (Å²) in [5.74, 6) is -0.309. The summed E-state index contributed by atoms with van der Waals surface area (Å²) < 4.78 is 1.74. The van der Waals surface area contributed by atoms with Gasteiger partial charge in [-0.15, -0.1) is 0 Å². The number of hydrogen-bond donors (Lipinski definition) is 3. The number of nitrogens with zero attached hydrogens (tertiary/aromatic N) is 2. The van der Waals surface area contributed by atoms with E-state index in [1.54, 1.807) is 10.9 Å². The van der Waals surface area contributed by atoms with Gasteiger partial charge in [0.25, 0.3) is 0 Å². The minimum absolute atomic E-state index is 0.149. The lowest BCUT2D eigenvalue weighted by Crippen LogP contribution is -2.40. The molecule has 1 aromatic carbocycles. The molecule has 0 aliphatic carbocycles. The van der Waals surface area contributed by atoms with Crippen LogP contribution in [0.3, 0.4) is 0 Å². The molecule has 0 saturated carbocycles. The van der Waals surface area contributed by atoms with E-state index in [0.717, 1.165) is 11.3 Å². The maximum atomic E-state index is 11.7. The number of aromatic nitrogens is 2. The Kier molecular flexibility index (Phi) is 4.55. The second kappa shape index (κ2) is 6.56. The third-order valence-electron chi connectivity index (χ3n) is 2.96. The van der Waals surface area contributed by atoms with Crippen molar-refractivity contribution in [1.29, 1.82) is 0 Å². The summed E-state index contributed by atoms with van der Waals surface area (Å²) in [6, 6.07) is 8.52. The van der Waals surface area contributed by atoms with Crippen molar-refractivity contribution < 1.29 is 9.59 Å². The van der Waals surface area contributed by atoms with E-state index in [-0.39, 0.29) is 18.5 Å². The van der Waals surface area contributed by atoms with Crippen LogP contribution in [-0.2, 0) is 4.79 Å². The van der Waals surface area contributed by atoms with Crippen LogP contribution in [0.15, 0.2) is 42.7 Å². The third-order valence-corrected chi connectivity index (χ3v) is 2.96. The summed E-state index contributed by atoms with van der Waals surface area (Å²) in [5.41, 5.74) is 6.74. The number of nitrogens with two attached hydrogens (primary N) is 1. The molecule has 1 atom stereocenters. The Morgan fingerprint density at radius 2 is 2.10 bits per heavy atom. The van der Waals surface area contributed by atoms with Gasteiger partial charge in [-0.3, -0.25) is 4.79 Å². The number of carbonyl (C=O) groups excluding carboxylic acids is 2. The van der Waals surface area contributed by atoms with Gasteiger partial charge in [-0.25, -0.2) is 9.48 Å². The Hall–Kier alpha value is -2.83. The Balaban J connectivity index is 2.11. The highest BCUT2D eigenvalue weighted by molar-refractivity contribution is 5.83. The van der Waals surface area contributed by atoms with Crippen molar-refractivity contribution in [2.45, 2.75) is 13.0 Å². The average Bonchev–Trinajstić information content (AvgIpc) is 2.99. The first-order valence-electron chi connectivity index (χ1n) is 6.49. The van der Waals surface area contributed by atoms with E-state index in [9.17, 15) is 9.59 Å². The first-order chi connectivity index (χ1) is 10.1. The van der Waals surface area contributed by atoms with Crippen LogP contribution in [0.1, 0.15) is 18.5 Å². The van der Waals surface area contributed by atoms with Crippen LogP contribution >= 0.6 is 0 Å². The maximum Gasteiger partial charge on any atom is 0.312 e. The van der Waals surface area contributed by atoms with Crippen LogP contribution in [0.25, 0.3) is 5.69 Å². The van der Waals surface area contributed by atoms with Crippen molar-refractivity contribution in [1.82, 2.24) is 20.4 Å². The number of urea groups is 1. The molecule has 0 aliphatic heterocycles. The van der Waals surface area contributed by atoms with Crippen molar-refractivity contribution in [3.05, 3.63) is 48.3 Å². The zero-order valence-corrected chi connectivity index (χ0v) is 11.6. The number of para-hydroxylation sites is 1. The molecule has 0 bridgehead atoms. The predicted molar refractivity (Wildman–Crippen MR) is 77.7 cm³/mol. The van der Waals surface area contributed by atoms with E-state index in [2.05, 4.69) is 15.7 Å². The van der Waals surface area contributed by atoms with Crippen LogP contribution in [0.4, 0.5) is 4.79 Å². The van der Waals surface area contributed by atoms with E-state index in [1.165, 1.54) is 0 Å². The molecule has 0 unspecified atom stereocenters. The SMILES string of the molecule is C[C@H](NC(=O)CNC(N)=O)c1ccccc1-n1cccn1. The number of amides is 3. The summed E-state index contributed by atoms with van der Waals surface area (Å²) in [5, 5.41) is 9.26. The molecule has 2 rings (SSSR count). The van der Waals surface area contributed by atoms with Gasteiger partial charge in [0.1, 0.15) is 0 Å². The van der Waals surface area contributed by atoms with Crippen LogP contribution < -0.4 is 16.4 Å². The molecule has 2 aromatic rings. The van der Waals surface area contributed by atoms with E-state index in [4.69, 9.17) is 5.73 Å². The van der Waals surface area contributed by atoms with Crippen molar-refractivity contribution in [3.8, 4) is 5.69 Å². The minimum atomic E-state index is -0.727. The fourth-order valence-corrected chi connectivity index (χ4v) is 2.01. The first kappa shape index (κ1) is 14.6. The monoisotopic (exact) mass is 287 g/mol. The maximum absolute atomic E-state index is 11.7. The van der Waals surface area contributed by atoms with Gasteiger partial charge in [-0.1, -0.05) is 18.2 Å². The highest BCUT2D eigenvalue weighted by atomic mass is 16.2. The normalized spacial score (nSPS) is 11.7. The Bertz CT molecular complexity index is 624. The molecular weight excluding hydrogens is 270 g/mol. The van der Waals surface area contributed by atoms with Gasteiger partial charge in [-0.2, -0.15) is 5.10 Å². The quantitative estimate of drug-likeness (QED) is 0.755. The van der Waals surface area contributed by atoms with Gasteiger partial charge in [-0.05, 0) is 24.6 Å². The predicted octanol–water partition coefficient (Wildman–Crippen LogP) is 0.718.